The van der Waals surface area contributed by atoms with Gasteiger partial charge in [-0.25, -0.2) is 0 Å². The summed E-state index contributed by atoms with van der Waals surface area (Å²) in [6.45, 7) is 0.922. The van der Waals surface area contributed by atoms with Gasteiger partial charge in [-0.2, -0.15) is 0 Å². The fourth-order valence-electron chi connectivity index (χ4n) is 2.29. The van der Waals surface area contributed by atoms with Crippen LogP contribution in [0.1, 0.15) is 32.1 Å². The van der Waals surface area contributed by atoms with E-state index in [4.69, 9.17) is 5.73 Å². The molecule has 2 aliphatic carbocycles. The van der Waals surface area contributed by atoms with Gasteiger partial charge in [0.25, 0.3) is 0 Å². The van der Waals surface area contributed by atoms with E-state index in [-0.39, 0.29) is 0 Å². The van der Waals surface area contributed by atoms with Gasteiger partial charge in [0.1, 0.15) is 0 Å². The predicted octanol–water partition coefficient (Wildman–Crippen LogP) is 2.08. The molecule has 1 unspecified atom stereocenters. The average molecular weight is 151 g/mol. The van der Waals surface area contributed by atoms with Crippen molar-refractivity contribution in [3.63, 3.8) is 0 Å². The monoisotopic (exact) mass is 151 g/mol. The van der Waals surface area contributed by atoms with Crippen molar-refractivity contribution < 1.29 is 0 Å². The van der Waals surface area contributed by atoms with Gasteiger partial charge in [0.2, 0.25) is 0 Å². The van der Waals surface area contributed by atoms with E-state index in [1.54, 1.807) is 0 Å². The Labute approximate surface area is 68.7 Å². The van der Waals surface area contributed by atoms with Gasteiger partial charge in [-0.1, -0.05) is 12.2 Å². The Kier molecular flexibility index (Phi) is 1.76. The molecule has 62 valence electrons. The molecule has 2 aliphatic rings. The SMILES string of the molecule is NCC1(C2CC=CCC2)CC1. The Balaban J connectivity index is 1.99. The minimum Gasteiger partial charge on any atom is -0.330 e. The molecule has 0 aliphatic heterocycles. The van der Waals surface area contributed by atoms with E-state index in [1.807, 2.05) is 0 Å². The van der Waals surface area contributed by atoms with E-state index in [0.29, 0.717) is 5.41 Å². The van der Waals surface area contributed by atoms with Crippen LogP contribution in [0.2, 0.25) is 0 Å². The summed E-state index contributed by atoms with van der Waals surface area (Å²) in [5.74, 6) is 0.914. The number of nitrogens with two attached hydrogens (primary N) is 1. The standard InChI is InChI=1S/C10H17N/c11-8-10(6-7-10)9-4-2-1-3-5-9/h1-2,9H,3-8,11H2. The van der Waals surface area contributed by atoms with Gasteiger partial charge < -0.3 is 5.73 Å². The van der Waals surface area contributed by atoms with Gasteiger partial charge in [0, 0.05) is 0 Å². The first-order valence-corrected chi connectivity index (χ1v) is 4.72. The van der Waals surface area contributed by atoms with Crippen LogP contribution in [0.15, 0.2) is 12.2 Å². The van der Waals surface area contributed by atoms with E-state index in [0.717, 1.165) is 12.5 Å². The smallest absolute Gasteiger partial charge is 0.00178 e. The molecule has 1 fully saturated rings. The summed E-state index contributed by atoms with van der Waals surface area (Å²) in [6.07, 6.45) is 11.4. The minimum atomic E-state index is 0.588. The van der Waals surface area contributed by atoms with E-state index < -0.39 is 0 Å². The molecule has 11 heavy (non-hydrogen) atoms. The number of hydrogen-bond acceptors (Lipinski definition) is 1. The third-order valence-electron chi connectivity index (χ3n) is 3.43. The summed E-state index contributed by atoms with van der Waals surface area (Å²) < 4.78 is 0. The molecule has 0 aromatic carbocycles. The second kappa shape index (κ2) is 2.63. The van der Waals surface area contributed by atoms with Crippen molar-refractivity contribution in [1.82, 2.24) is 0 Å². The zero-order valence-electron chi connectivity index (χ0n) is 7.05. The van der Waals surface area contributed by atoms with Crippen LogP contribution in [-0.4, -0.2) is 6.54 Å². The van der Waals surface area contributed by atoms with Crippen molar-refractivity contribution >= 4 is 0 Å². The Bertz CT molecular complexity index is 168. The highest BCUT2D eigenvalue weighted by Gasteiger charge is 2.47. The van der Waals surface area contributed by atoms with Crippen LogP contribution < -0.4 is 5.73 Å². The fraction of sp³-hybridized carbons (Fsp3) is 0.800. The third kappa shape index (κ3) is 1.22. The van der Waals surface area contributed by atoms with Gasteiger partial charge in [0.15, 0.2) is 0 Å². The van der Waals surface area contributed by atoms with Crippen molar-refractivity contribution in [2.45, 2.75) is 32.1 Å². The van der Waals surface area contributed by atoms with Crippen LogP contribution in [0.4, 0.5) is 0 Å². The van der Waals surface area contributed by atoms with Crippen molar-refractivity contribution in [3.8, 4) is 0 Å². The molecule has 0 amide bonds. The van der Waals surface area contributed by atoms with Crippen LogP contribution in [0, 0.1) is 11.3 Å². The van der Waals surface area contributed by atoms with Crippen LogP contribution in [0.25, 0.3) is 0 Å². The van der Waals surface area contributed by atoms with Crippen molar-refractivity contribution in [1.29, 1.82) is 0 Å². The molecule has 0 aromatic rings. The molecule has 0 heterocycles. The van der Waals surface area contributed by atoms with Crippen LogP contribution in [0.5, 0.6) is 0 Å². The highest BCUT2D eigenvalue weighted by Crippen LogP contribution is 2.54. The Morgan fingerprint density at radius 2 is 2.18 bits per heavy atom. The zero-order chi connectivity index (χ0) is 7.73. The van der Waals surface area contributed by atoms with Crippen molar-refractivity contribution in [3.05, 3.63) is 12.2 Å². The largest absolute Gasteiger partial charge is 0.330 e. The first-order valence-electron chi connectivity index (χ1n) is 4.72. The third-order valence-corrected chi connectivity index (χ3v) is 3.43. The quantitative estimate of drug-likeness (QED) is 0.601. The van der Waals surface area contributed by atoms with E-state index in [9.17, 15) is 0 Å². The number of rotatable bonds is 2. The Morgan fingerprint density at radius 1 is 1.36 bits per heavy atom. The maximum atomic E-state index is 5.78. The Hall–Kier alpha value is -0.300. The molecule has 0 radical (unpaired) electrons. The maximum absolute atomic E-state index is 5.78. The van der Waals surface area contributed by atoms with Crippen LogP contribution in [0.3, 0.4) is 0 Å². The van der Waals surface area contributed by atoms with E-state index in [2.05, 4.69) is 12.2 Å². The predicted molar refractivity (Wildman–Crippen MR) is 47.2 cm³/mol. The van der Waals surface area contributed by atoms with Gasteiger partial charge in [0.05, 0.1) is 0 Å². The molecule has 0 spiro atoms. The maximum Gasteiger partial charge on any atom is -0.00178 e. The average Bonchev–Trinajstić information content (AvgIpc) is 2.86. The summed E-state index contributed by atoms with van der Waals surface area (Å²) >= 11 is 0. The van der Waals surface area contributed by atoms with Crippen LogP contribution in [-0.2, 0) is 0 Å². The molecule has 2 rings (SSSR count). The van der Waals surface area contributed by atoms with Gasteiger partial charge in [-0.05, 0) is 50.0 Å². The molecule has 2 N–H and O–H groups in total. The minimum absolute atomic E-state index is 0.588. The van der Waals surface area contributed by atoms with Gasteiger partial charge in [-0.15, -0.1) is 0 Å². The summed E-state index contributed by atoms with van der Waals surface area (Å²) in [7, 11) is 0. The Morgan fingerprint density at radius 3 is 2.64 bits per heavy atom. The molecule has 0 saturated heterocycles. The van der Waals surface area contributed by atoms with Gasteiger partial charge >= 0.3 is 0 Å². The highest BCUT2D eigenvalue weighted by atomic mass is 14.7. The first-order chi connectivity index (χ1) is 5.37. The summed E-state index contributed by atoms with van der Waals surface area (Å²) in [5.41, 5.74) is 6.36. The molecule has 1 saturated carbocycles. The molecule has 1 heteroatoms. The first kappa shape index (κ1) is 7.35. The lowest BCUT2D eigenvalue weighted by Gasteiger charge is -2.26. The lowest BCUT2D eigenvalue weighted by Crippen LogP contribution is -2.25. The molecule has 0 aromatic heterocycles. The molecule has 1 atom stereocenters. The fourth-order valence-corrected chi connectivity index (χ4v) is 2.29. The van der Waals surface area contributed by atoms with Crippen molar-refractivity contribution in [2.75, 3.05) is 6.54 Å². The summed E-state index contributed by atoms with van der Waals surface area (Å²) in [4.78, 5) is 0. The molecular formula is C10H17N. The second-order valence-electron chi connectivity index (χ2n) is 4.05. The lowest BCUT2D eigenvalue weighted by atomic mass is 9.80. The molecule has 1 nitrogen and oxygen atoms in total. The van der Waals surface area contributed by atoms with Crippen molar-refractivity contribution in [2.24, 2.45) is 17.1 Å². The normalized spacial score (nSPS) is 33.7. The highest BCUT2D eigenvalue weighted by molar-refractivity contribution is 5.04. The number of hydrogen-bond donors (Lipinski definition) is 1. The molecular weight excluding hydrogens is 134 g/mol. The lowest BCUT2D eigenvalue weighted by molar-refractivity contribution is 0.292. The second-order valence-corrected chi connectivity index (χ2v) is 4.05. The molecule has 0 bridgehead atoms. The topological polar surface area (TPSA) is 26.0 Å². The van der Waals surface area contributed by atoms with E-state index in [1.165, 1.54) is 32.1 Å². The zero-order valence-corrected chi connectivity index (χ0v) is 7.05. The summed E-state index contributed by atoms with van der Waals surface area (Å²) in [6, 6.07) is 0. The van der Waals surface area contributed by atoms with Crippen LogP contribution >= 0.6 is 0 Å². The summed E-state index contributed by atoms with van der Waals surface area (Å²) in [5, 5.41) is 0. The number of allylic oxidation sites excluding steroid dienone is 2. The van der Waals surface area contributed by atoms with E-state index >= 15 is 0 Å². The van der Waals surface area contributed by atoms with Gasteiger partial charge in [-0.3, -0.25) is 0 Å².